The maximum Gasteiger partial charge on any atom is 0.132 e. The Hall–Kier alpha value is -0.530. The van der Waals surface area contributed by atoms with Gasteiger partial charge in [0.05, 0.1) is 12.2 Å². The van der Waals surface area contributed by atoms with Gasteiger partial charge in [-0.15, -0.1) is 0 Å². The summed E-state index contributed by atoms with van der Waals surface area (Å²) in [4.78, 5) is 0. The Bertz CT molecular complexity index is 664. The molecule has 0 bridgehead atoms. The van der Waals surface area contributed by atoms with Gasteiger partial charge in [-0.05, 0) is 79.7 Å². The minimum Gasteiger partial charge on any atom is -0.393 e. The van der Waals surface area contributed by atoms with Gasteiger partial charge in [-0.3, -0.25) is 0 Å². The fourth-order valence-corrected chi connectivity index (χ4v) is 7.09. The summed E-state index contributed by atoms with van der Waals surface area (Å²) in [6, 6.07) is 0. The van der Waals surface area contributed by atoms with Gasteiger partial charge in [0.2, 0.25) is 0 Å². The molecule has 0 aliphatic heterocycles. The lowest BCUT2D eigenvalue weighted by Crippen LogP contribution is -2.57. The predicted molar refractivity (Wildman–Crippen MR) is 97.7 cm³/mol. The number of aliphatic hydroxyl groups excluding tert-OH is 2. The van der Waals surface area contributed by atoms with E-state index in [1.165, 1.54) is 5.57 Å². The van der Waals surface area contributed by atoms with E-state index in [2.05, 4.69) is 25.1 Å². The molecule has 25 heavy (non-hydrogen) atoms. The first-order chi connectivity index (χ1) is 11.7. The molecule has 8 atom stereocenters. The first-order valence-corrected chi connectivity index (χ1v) is 10.1. The average molecular weight is 365 g/mol. The number of rotatable bonds is 0. The van der Waals surface area contributed by atoms with Crippen molar-refractivity contribution in [1.82, 2.24) is 0 Å². The summed E-state index contributed by atoms with van der Waals surface area (Å²) in [7, 11) is 0. The summed E-state index contributed by atoms with van der Waals surface area (Å²) in [6.45, 7) is 4.47. The minimum atomic E-state index is -1.04. The first-order valence-electron chi connectivity index (χ1n) is 9.68. The van der Waals surface area contributed by atoms with E-state index >= 15 is 0 Å². The van der Waals surface area contributed by atoms with Crippen LogP contribution in [0.1, 0.15) is 58.8 Å². The van der Waals surface area contributed by atoms with E-state index < -0.39 is 11.7 Å². The molecular formula is C21H29ClO3. The monoisotopic (exact) mass is 364 g/mol. The Balaban J connectivity index is 1.74. The summed E-state index contributed by atoms with van der Waals surface area (Å²) in [5.41, 5.74) is -0.0361. The van der Waals surface area contributed by atoms with Crippen LogP contribution >= 0.6 is 11.6 Å². The van der Waals surface area contributed by atoms with Gasteiger partial charge in [0.1, 0.15) is 5.60 Å². The highest BCUT2D eigenvalue weighted by molar-refractivity contribution is 6.30. The molecule has 0 saturated heterocycles. The van der Waals surface area contributed by atoms with Crippen LogP contribution in [0.15, 0.2) is 11.6 Å². The molecule has 0 amide bonds. The maximum atomic E-state index is 11.2. The average Bonchev–Trinajstić information content (AvgIpc) is 2.81. The van der Waals surface area contributed by atoms with Crippen LogP contribution in [0.3, 0.4) is 0 Å². The molecule has 4 aliphatic rings. The fraction of sp³-hybridized carbons (Fsp3) is 0.810. The molecule has 0 aromatic carbocycles. The molecule has 0 aromatic rings. The zero-order valence-corrected chi connectivity index (χ0v) is 15.9. The third-order valence-corrected chi connectivity index (χ3v) is 8.60. The van der Waals surface area contributed by atoms with Crippen molar-refractivity contribution in [2.24, 2.45) is 28.6 Å². The smallest absolute Gasteiger partial charge is 0.132 e. The predicted octanol–water partition coefficient (Wildman–Crippen LogP) is 3.21. The highest BCUT2D eigenvalue weighted by Gasteiger charge is 2.65. The SMILES string of the molecule is C[C@]12CCC(O)CC1=CC(O)[C@@H]1[C@H]2CC[C@@]2(C)[C@H]1CCC2(O)C#CCl. The Morgan fingerprint density at radius 3 is 2.52 bits per heavy atom. The number of aliphatic hydroxyl groups is 3. The van der Waals surface area contributed by atoms with Crippen LogP contribution in [0, 0.1) is 39.9 Å². The molecule has 4 rings (SSSR count). The van der Waals surface area contributed by atoms with Crippen LogP contribution in [-0.4, -0.2) is 33.1 Å². The van der Waals surface area contributed by atoms with Gasteiger partial charge in [-0.2, -0.15) is 0 Å². The van der Waals surface area contributed by atoms with E-state index in [1.807, 2.05) is 6.08 Å². The molecule has 3 saturated carbocycles. The molecule has 4 heteroatoms. The number of hydrogen-bond donors (Lipinski definition) is 3. The lowest BCUT2D eigenvalue weighted by atomic mass is 9.46. The Morgan fingerprint density at radius 2 is 1.80 bits per heavy atom. The van der Waals surface area contributed by atoms with Gasteiger partial charge in [0.15, 0.2) is 0 Å². The molecule has 3 fully saturated rings. The van der Waals surface area contributed by atoms with Crippen molar-refractivity contribution in [1.29, 1.82) is 0 Å². The Labute approximate surface area is 155 Å². The maximum absolute atomic E-state index is 11.2. The second-order valence-electron chi connectivity index (χ2n) is 9.36. The third-order valence-electron chi connectivity index (χ3n) is 8.51. The van der Waals surface area contributed by atoms with Crippen LogP contribution in [-0.2, 0) is 0 Å². The molecule has 3 unspecified atom stereocenters. The lowest BCUT2D eigenvalue weighted by molar-refractivity contribution is -0.123. The zero-order valence-electron chi connectivity index (χ0n) is 15.1. The van der Waals surface area contributed by atoms with E-state index in [4.69, 9.17) is 11.6 Å². The fourth-order valence-electron chi connectivity index (χ4n) is 6.93. The Morgan fingerprint density at radius 1 is 1.08 bits per heavy atom. The van der Waals surface area contributed by atoms with Crippen LogP contribution in [0.25, 0.3) is 0 Å². The molecule has 3 N–H and O–H groups in total. The second-order valence-corrected chi connectivity index (χ2v) is 9.55. The van der Waals surface area contributed by atoms with Crippen molar-refractivity contribution in [3.05, 3.63) is 11.6 Å². The summed E-state index contributed by atoms with van der Waals surface area (Å²) in [5.74, 6) is 3.72. The van der Waals surface area contributed by atoms with Gasteiger partial charge in [-0.25, -0.2) is 0 Å². The van der Waals surface area contributed by atoms with Gasteiger partial charge in [0.25, 0.3) is 0 Å². The van der Waals surface area contributed by atoms with E-state index in [0.29, 0.717) is 18.8 Å². The zero-order chi connectivity index (χ0) is 18.0. The molecular weight excluding hydrogens is 336 g/mol. The summed E-state index contributed by atoms with van der Waals surface area (Å²) >= 11 is 5.65. The van der Waals surface area contributed by atoms with E-state index in [-0.39, 0.29) is 28.8 Å². The topological polar surface area (TPSA) is 60.7 Å². The lowest BCUT2D eigenvalue weighted by Gasteiger charge is -2.59. The summed E-state index contributed by atoms with van der Waals surface area (Å²) < 4.78 is 0. The number of halogens is 1. The molecule has 0 radical (unpaired) electrons. The highest BCUT2D eigenvalue weighted by atomic mass is 35.5. The standard InChI is InChI=1S/C21H29ClO3/c1-19-6-3-14(23)11-13(19)12-17(24)18-15(19)4-7-20(2)16(18)5-8-21(20,25)9-10-22/h12,14-18,23-25H,3-8,11H2,1-2H3/t14?,15-,16+,17?,18-,19+,20+,21?/m1/s1. The third kappa shape index (κ3) is 2.31. The van der Waals surface area contributed by atoms with Crippen LogP contribution in [0.2, 0.25) is 0 Å². The largest absolute Gasteiger partial charge is 0.393 e. The number of fused-ring (bicyclic) bond motifs is 5. The van der Waals surface area contributed by atoms with Gasteiger partial charge in [-0.1, -0.05) is 31.4 Å². The van der Waals surface area contributed by atoms with Crippen LogP contribution < -0.4 is 0 Å². The van der Waals surface area contributed by atoms with Crippen molar-refractivity contribution in [2.45, 2.75) is 76.6 Å². The summed E-state index contributed by atoms with van der Waals surface area (Å²) in [6.07, 6.45) is 7.22. The van der Waals surface area contributed by atoms with Crippen molar-refractivity contribution in [3.8, 4) is 11.3 Å². The van der Waals surface area contributed by atoms with Crippen molar-refractivity contribution < 1.29 is 15.3 Å². The molecule has 0 aromatic heterocycles. The molecule has 138 valence electrons. The van der Waals surface area contributed by atoms with Gasteiger partial charge < -0.3 is 15.3 Å². The van der Waals surface area contributed by atoms with E-state index in [0.717, 1.165) is 32.1 Å². The molecule has 0 spiro atoms. The van der Waals surface area contributed by atoms with Gasteiger partial charge >= 0.3 is 0 Å². The van der Waals surface area contributed by atoms with Crippen molar-refractivity contribution >= 4 is 11.6 Å². The second kappa shape index (κ2) is 5.73. The molecule has 4 aliphatic carbocycles. The van der Waals surface area contributed by atoms with Gasteiger partial charge in [0, 0.05) is 10.8 Å². The molecule has 0 heterocycles. The minimum absolute atomic E-state index is 0.0727. The summed E-state index contributed by atoms with van der Waals surface area (Å²) in [5, 5.41) is 34.7. The van der Waals surface area contributed by atoms with Crippen molar-refractivity contribution in [3.63, 3.8) is 0 Å². The Kier molecular flexibility index (Phi) is 4.10. The van der Waals surface area contributed by atoms with Crippen LogP contribution in [0.4, 0.5) is 0 Å². The van der Waals surface area contributed by atoms with Crippen LogP contribution in [0.5, 0.6) is 0 Å². The van der Waals surface area contributed by atoms with E-state index in [1.54, 1.807) is 0 Å². The van der Waals surface area contributed by atoms with Crippen molar-refractivity contribution in [2.75, 3.05) is 0 Å². The first kappa shape index (κ1) is 17.9. The van der Waals surface area contributed by atoms with E-state index in [9.17, 15) is 15.3 Å². The quantitative estimate of drug-likeness (QED) is 0.457. The number of hydrogen-bond acceptors (Lipinski definition) is 3. The normalized spacial score (nSPS) is 54.5. The molecule has 3 nitrogen and oxygen atoms in total. The highest BCUT2D eigenvalue weighted by Crippen LogP contribution is 2.67.